The lowest BCUT2D eigenvalue weighted by Gasteiger charge is -2.07. The van der Waals surface area contributed by atoms with Crippen molar-refractivity contribution in [2.45, 2.75) is 17.7 Å². The Bertz CT molecular complexity index is 310. The van der Waals surface area contributed by atoms with Gasteiger partial charge in [-0.15, -0.1) is 12.6 Å². The van der Waals surface area contributed by atoms with Crippen molar-refractivity contribution in [3.8, 4) is 5.75 Å². The molecule has 0 N–H and O–H groups in total. The van der Waals surface area contributed by atoms with E-state index < -0.39 is 0 Å². The van der Waals surface area contributed by atoms with Gasteiger partial charge in [0.1, 0.15) is 12.0 Å². The fraction of sp³-hybridized carbons (Fsp3) is 0.300. The molecule has 1 unspecified atom stereocenters. The molecule has 0 heterocycles. The molecule has 1 rings (SSSR count). The number of hydrogen-bond acceptors (Lipinski definition) is 3. The van der Waals surface area contributed by atoms with Gasteiger partial charge in [0.2, 0.25) is 0 Å². The number of carbonyl (C=O) groups excluding carboxylic acids is 1. The van der Waals surface area contributed by atoms with Crippen molar-refractivity contribution in [1.82, 2.24) is 0 Å². The van der Waals surface area contributed by atoms with Crippen LogP contribution in [-0.4, -0.2) is 13.4 Å². The summed E-state index contributed by atoms with van der Waals surface area (Å²) in [6.07, 6.45) is 0.905. The molecule has 1 atom stereocenters. The zero-order chi connectivity index (χ0) is 9.84. The number of aldehydes is 1. The van der Waals surface area contributed by atoms with Crippen molar-refractivity contribution in [2.24, 2.45) is 0 Å². The molecular weight excluding hydrogens is 184 g/mol. The maximum absolute atomic E-state index is 10.6. The second-order valence-corrected chi connectivity index (χ2v) is 3.41. The van der Waals surface area contributed by atoms with E-state index >= 15 is 0 Å². The van der Waals surface area contributed by atoms with Gasteiger partial charge in [-0.25, -0.2) is 0 Å². The molecule has 0 saturated carbocycles. The third kappa shape index (κ3) is 2.49. The van der Waals surface area contributed by atoms with Crippen molar-refractivity contribution in [1.29, 1.82) is 0 Å². The summed E-state index contributed by atoms with van der Waals surface area (Å²) in [4.78, 5) is 11.4. The molecule has 0 bridgehead atoms. The Morgan fingerprint density at radius 2 is 2.15 bits per heavy atom. The lowest BCUT2D eigenvalue weighted by atomic mass is 10.0. The minimum Gasteiger partial charge on any atom is -0.497 e. The van der Waals surface area contributed by atoms with Gasteiger partial charge in [-0.05, 0) is 23.8 Å². The zero-order valence-electron chi connectivity index (χ0n) is 7.65. The number of carbonyl (C=O) groups is 1. The highest BCUT2D eigenvalue weighted by molar-refractivity contribution is 7.80. The summed E-state index contributed by atoms with van der Waals surface area (Å²) in [7, 11) is 1.60. The van der Waals surface area contributed by atoms with Crippen LogP contribution in [0.15, 0.2) is 23.1 Å². The van der Waals surface area contributed by atoms with Crippen LogP contribution < -0.4 is 4.74 Å². The normalized spacial score (nSPS) is 12.2. The first-order valence-corrected chi connectivity index (χ1v) is 4.45. The van der Waals surface area contributed by atoms with E-state index in [1.54, 1.807) is 7.11 Å². The number of rotatable bonds is 3. The molecule has 0 radical (unpaired) electrons. The van der Waals surface area contributed by atoms with Crippen LogP contribution in [0.5, 0.6) is 5.75 Å². The Morgan fingerprint density at radius 3 is 2.69 bits per heavy atom. The fourth-order valence-corrected chi connectivity index (χ4v) is 1.34. The van der Waals surface area contributed by atoms with Crippen LogP contribution in [0.3, 0.4) is 0 Å². The number of ether oxygens (including phenoxy) is 1. The highest BCUT2D eigenvalue weighted by Crippen LogP contribution is 2.23. The predicted molar refractivity (Wildman–Crippen MR) is 54.7 cm³/mol. The van der Waals surface area contributed by atoms with Crippen LogP contribution in [-0.2, 0) is 4.79 Å². The first-order chi connectivity index (χ1) is 6.17. The standard InChI is InChI=1S/C10H12O2S/c1-7(6-11)8-3-9(12-2)5-10(13)4-8/h3-7,13H,1-2H3. The van der Waals surface area contributed by atoms with Gasteiger partial charge in [0, 0.05) is 10.8 Å². The lowest BCUT2D eigenvalue weighted by Crippen LogP contribution is -1.95. The average Bonchev–Trinajstić information content (AvgIpc) is 2.15. The van der Waals surface area contributed by atoms with Gasteiger partial charge in [0.15, 0.2) is 0 Å². The molecule has 0 amide bonds. The second-order valence-electron chi connectivity index (χ2n) is 2.89. The average molecular weight is 196 g/mol. The monoisotopic (exact) mass is 196 g/mol. The molecule has 3 heteroatoms. The van der Waals surface area contributed by atoms with Crippen molar-refractivity contribution < 1.29 is 9.53 Å². The van der Waals surface area contributed by atoms with E-state index in [9.17, 15) is 4.79 Å². The van der Waals surface area contributed by atoms with E-state index in [4.69, 9.17) is 4.74 Å². The van der Waals surface area contributed by atoms with E-state index in [1.165, 1.54) is 0 Å². The summed E-state index contributed by atoms with van der Waals surface area (Å²) in [6.45, 7) is 1.84. The van der Waals surface area contributed by atoms with Crippen molar-refractivity contribution in [2.75, 3.05) is 7.11 Å². The Kier molecular flexibility index (Phi) is 3.37. The Labute approximate surface area is 83.3 Å². The van der Waals surface area contributed by atoms with Crippen molar-refractivity contribution in [3.63, 3.8) is 0 Å². The van der Waals surface area contributed by atoms with Crippen LogP contribution in [0.25, 0.3) is 0 Å². The molecule has 0 fully saturated rings. The molecule has 2 nitrogen and oxygen atoms in total. The van der Waals surface area contributed by atoms with Crippen LogP contribution in [0.2, 0.25) is 0 Å². The van der Waals surface area contributed by atoms with Crippen molar-refractivity contribution >= 4 is 18.9 Å². The molecule has 0 spiro atoms. The predicted octanol–water partition coefficient (Wildman–Crippen LogP) is 2.29. The Hall–Kier alpha value is -0.960. The van der Waals surface area contributed by atoms with Gasteiger partial charge < -0.3 is 9.53 Å². The van der Waals surface area contributed by atoms with Crippen molar-refractivity contribution in [3.05, 3.63) is 23.8 Å². The number of methoxy groups -OCH3 is 1. The lowest BCUT2D eigenvalue weighted by molar-refractivity contribution is -0.108. The maximum Gasteiger partial charge on any atom is 0.127 e. The molecule has 13 heavy (non-hydrogen) atoms. The molecule has 70 valence electrons. The Balaban J connectivity index is 3.07. The zero-order valence-corrected chi connectivity index (χ0v) is 8.54. The number of benzene rings is 1. The summed E-state index contributed by atoms with van der Waals surface area (Å²) in [5.41, 5.74) is 0.930. The summed E-state index contributed by atoms with van der Waals surface area (Å²) in [5.74, 6) is 0.622. The molecule has 1 aromatic carbocycles. The van der Waals surface area contributed by atoms with Gasteiger partial charge in [0.25, 0.3) is 0 Å². The molecule has 0 aliphatic heterocycles. The molecule has 1 aromatic rings. The quantitative estimate of drug-likeness (QED) is 0.593. The maximum atomic E-state index is 10.6. The summed E-state index contributed by atoms with van der Waals surface area (Å²) in [5, 5.41) is 0. The van der Waals surface area contributed by atoms with Gasteiger partial charge >= 0.3 is 0 Å². The molecule has 0 aromatic heterocycles. The van der Waals surface area contributed by atoms with Crippen LogP contribution in [0.4, 0.5) is 0 Å². The van der Waals surface area contributed by atoms with E-state index in [-0.39, 0.29) is 5.92 Å². The fourth-order valence-electron chi connectivity index (χ4n) is 1.07. The molecular formula is C10H12O2S. The summed E-state index contributed by atoms with van der Waals surface area (Å²) in [6, 6.07) is 5.52. The highest BCUT2D eigenvalue weighted by Gasteiger charge is 2.05. The molecule has 0 saturated heterocycles. The summed E-state index contributed by atoms with van der Waals surface area (Å²) < 4.78 is 5.07. The van der Waals surface area contributed by atoms with E-state index in [0.29, 0.717) is 0 Å². The third-order valence-corrected chi connectivity index (χ3v) is 2.14. The molecule has 0 aliphatic carbocycles. The van der Waals surface area contributed by atoms with Crippen LogP contribution in [0.1, 0.15) is 18.4 Å². The second kappa shape index (κ2) is 4.33. The third-order valence-electron chi connectivity index (χ3n) is 1.88. The smallest absolute Gasteiger partial charge is 0.127 e. The highest BCUT2D eigenvalue weighted by atomic mass is 32.1. The number of hydrogen-bond donors (Lipinski definition) is 1. The summed E-state index contributed by atoms with van der Waals surface area (Å²) >= 11 is 4.22. The van der Waals surface area contributed by atoms with E-state index in [0.717, 1.165) is 22.5 Å². The van der Waals surface area contributed by atoms with E-state index in [1.807, 2.05) is 25.1 Å². The minimum atomic E-state index is -0.110. The SMILES string of the molecule is COc1cc(S)cc(C(C)C=O)c1. The van der Waals surface area contributed by atoms with Crippen LogP contribution >= 0.6 is 12.6 Å². The van der Waals surface area contributed by atoms with Gasteiger partial charge in [-0.1, -0.05) is 6.92 Å². The van der Waals surface area contributed by atoms with E-state index in [2.05, 4.69) is 12.6 Å². The van der Waals surface area contributed by atoms with Crippen LogP contribution in [0, 0.1) is 0 Å². The largest absolute Gasteiger partial charge is 0.497 e. The first kappa shape index (κ1) is 10.1. The first-order valence-electron chi connectivity index (χ1n) is 4.00. The number of thiol groups is 1. The Morgan fingerprint density at radius 1 is 1.46 bits per heavy atom. The topological polar surface area (TPSA) is 26.3 Å². The van der Waals surface area contributed by atoms with Gasteiger partial charge in [0.05, 0.1) is 7.11 Å². The minimum absolute atomic E-state index is 0.110. The van der Waals surface area contributed by atoms with Gasteiger partial charge in [-0.2, -0.15) is 0 Å². The van der Waals surface area contributed by atoms with Gasteiger partial charge in [-0.3, -0.25) is 0 Å². The molecule has 0 aliphatic rings.